The van der Waals surface area contributed by atoms with E-state index in [1.165, 1.54) is 24.3 Å². The first-order chi connectivity index (χ1) is 8.94. The highest BCUT2D eigenvalue weighted by Gasteiger charge is 2.39. The molecular formula is C12H12N2O4S. The molecule has 1 aliphatic carbocycles. The first-order valence-electron chi connectivity index (χ1n) is 5.69. The summed E-state index contributed by atoms with van der Waals surface area (Å²) in [7, 11) is -3.92. The standard InChI is InChI=1S/C12H12N2O4S/c13-7-8-2-1-3-10(6-8)19(17,18)14-11(12(15)16)9-4-5-9/h1-3,6,9,11,14H,4-5H2,(H,15,16). The third-order valence-electron chi connectivity index (χ3n) is 2.92. The molecule has 1 aromatic rings. The van der Waals surface area contributed by atoms with E-state index in [0.717, 1.165) is 0 Å². The molecule has 0 spiro atoms. The van der Waals surface area contributed by atoms with E-state index in [9.17, 15) is 13.2 Å². The van der Waals surface area contributed by atoms with Crippen LogP contribution in [0.1, 0.15) is 18.4 Å². The SMILES string of the molecule is N#Cc1cccc(S(=O)(=O)NC(C(=O)O)C2CC2)c1. The zero-order valence-electron chi connectivity index (χ0n) is 9.91. The Balaban J connectivity index is 2.26. The van der Waals surface area contributed by atoms with Crippen molar-refractivity contribution in [2.45, 2.75) is 23.8 Å². The van der Waals surface area contributed by atoms with Gasteiger partial charge in [0, 0.05) is 0 Å². The molecule has 0 aromatic heterocycles. The molecule has 6 nitrogen and oxygen atoms in total. The number of nitrogens with zero attached hydrogens (tertiary/aromatic N) is 1. The number of hydrogen-bond donors (Lipinski definition) is 2. The Labute approximate surface area is 110 Å². The van der Waals surface area contributed by atoms with Crippen LogP contribution in [-0.2, 0) is 14.8 Å². The van der Waals surface area contributed by atoms with Crippen LogP contribution in [0, 0.1) is 17.2 Å². The molecular weight excluding hydrogens is 268 g/mol. The molecule has 0 amide bonds. The zero-order chi connectivity index (χ0) is 14.0. The van der Waals surface area contributed by atoms with Gasteiger partial charge in [-0.15, -0.1) is 0 Å². The largest absolute Gasteiger partial charge is 0.480 e. The van der Waals surface area contributed by atoms with Gasteiger partial charge in [-0.25, -0.2) is 8.42 Å². The second-order valence-electron chi connectivity index (χ2n) is 4.41. The number of aliphatic carboxylic acids is 1. The Bertz CT molecular complexity index is 644. The minimum atomic E-state index is -3.92. The van der Waals surface area contributed by atoms with Gasteiger partial charge < -0.3 is 5.11 Å². The summed E-state index contributed by atoms with van der Waals surface area (Å²) in [6.45, 7) is 0. The van der Waals surface area contributed by atoms with E-state index in [1.54, 1.807) is 0 Å². The van der Waals surface area contributed by atoms with Crippen LogP contribution >= 0.6 is 0 Å². The lowest BCUT2D eigenvalue weighted by molar-refractivity contribution is -0.139. The van der Waals surface area contributed by atoms with Gasteiger partial charge in [-0.2, -0.15) is 9.98 Å². The maximum Gasteiger partial charge on any atom is 0.322 e. The van der Waals surface area contributed by atoms with Crippen molar-refractivity contribution in [3.05, 3.63) is 29.8 Å². The normalized spacial score (nSPS) is 16.6. The third kappa shape index (κ3) is 3.10. The Morgan fingerprint density at radius 2 is 2.16 bits per heavy atom. The smallest absolute Gasteiger partial charge is 0.322 e. The topological polar surface area (TPSA) is 107 Å². The maximum absolute atomic E-state index is 12.1. The summed E-state index contributed by atoms with van der Waals surface area (Å²) in [4.78, 5) is 10.9. The predicted octanol–water partition coefficient (Wildman–Crippen LogP) is 0.700. The summed E-state index contributed by atoms with van der Waals surface area (Å²) in [5.41, 5.74) is 0.209. The predicted molar refractivity (Wildman–Crippen MR) is 65.6 cm³/mol. The molecule has 1 saturated carbocycles. The van der Waals surface area contributed by atoms with Gasteiger partial charge in [0.15, 0.2) is 0 Å². The van der Waals surface area contributed by atoms with Gasteiger partial charge in [-0.05, 0) is 37.0 Å². The highest BCUT2D eigenvalue weighted by Crippen LogP contribution is 2.33. The van der Waals surface area contributed by atoms with Crippen LogP contribution < -0.4 is 4.72 Å². The Morgan fingerprint density at radius 3 is 2.68 bits per heavy atom. The van der Waals surface area contributed by atoms with Crippen LogP contribution in [0.25, 0.3) is 0 Å². The fourth-order valence-corrected chi connectivity index (χ4v) is 3.05. The van der Waals surface area contributed by atoms with E-state index in [0.29, 0.717) is 12.8 Å². The van der Waals surface area contributed by atoms with Crippen molar-refractivity contribution in [2.24, 2.45) is 5.92 Å². The van der Waals surface area contributed by atoms with E-state index in [1.807, 2.05) is 6.07 Å². The molecule has 100 valence electrons. The Kier molecular flexibility index (Phi) is 3.55. The van der Waals surface area contributed by atoms with Crippen molar-refractivity contribution in [1.29, 1.82) is 5.26 Å². The fraction of sp³-hybridized carbons (Fsp3) is 0.333. The molecule has 0 bridgehead atoms. The Morgan fingerprint density at radius 1 is 1.47 bits per heavy atom. The third-order valence-corrected chi connectivity index (χ3v) is 4.35. The van der Waals surface area contributed by atoms with Crippen molar-refractivity contribution in [1.82, 2.24) is 4.72 Å². The zero-order valence-corrected chi connectivity index (χ0v) is 10.7. The number of carbonyl (C=O) groups is 1. The number of benzene rings is 1. The minimum absolute atomic E-state index is 0.0987. The van der Waals surface area contributed by atoms with Crippen molar-refractivity contribution < 1.29 is 18.3 Å². The van der Waals surface area contributed by atoms with Crippen LogP contribution in [0.4, 0.5) is 0 Å². The second kappa shape index (κ2) is 4.99. The summed E-state index contributed by atoms with van der Waals surface area (Å²) in [5, 5.41) is 17.8. The van der Waals surface area contributed by atoms with Crippen molar-refractivity contribution >= 4 is 16.0 Å². The van der Waals surface area contributed by atoms with Gasteiger partial charge in [0.1, 0.15) is 6.04 Å². The van der Waals surface area contributed by atoms with Gasteiger partial charge >= 0.3 is 5.97 Å². The van der Waals surface area contributed by atoms with Crippen LogP contribution in [0.15, 0.2) is 29.2 Å². The molecule has 7 heteroatoms. The number of nitriles is 1. The molecule has 19 heavy (non-hydrogen) atoms. The first kappa shape index (κ1) is 13.5. The number of carboxylic acids is 1. The quantitative estimate of drug-likeness (QED) is 0.825. The summed E-state index contributed by atoms with van der Waals surface area (Å²) < 4.78 is 26.3. The molecule has 2 rings (SSSR count). The molecule has 1 unspecified atom stereocenters. The minimum Gasteiger partial charge on any atom is -0.480 e. The lowest BCUT2D eigenvalue weighted by Gasteiger charge is -2.13. The van der Waals surface area contributed by atoms with Crippen LogP contribution in [-0.4, -0.2) is 25.5 Å². The number of carboxylic acid groups (broad SMARTS) is 1. The van der Waals surface area contributed by atoms with E-state index in [-0.39, 0.29) is 16.4 Å². The van der Waals surface area contributed by atoms with Crippen molar-refractivity contribution in [2.75, 3.05) is 0 Å². The van der Waals surface area contributed by atoms with Gasteiger partial charge in [-0.3, -0.25) is 4.79 Å². The number of hydrogen-bond acceptors (Lipinski definition) is 4. The number of rotatable bonds is 5. The summed E-state index contributed by atoms with van der Waals surface area (Å²) >= 11 is 0. The molecule has 1 fully saturated rings. The number of nitrogens with one attached hydrogen (secondary N) is 1. The molecule has 1 aliphatic rings. The van der Waals surface area contributed by atoms with Crippen LogP contribution in [0.5, 0.6) is 0 Å². The maximum atomic E-state index is 12.1. The monoisotopic (exact) mass is 280 g/mol. The first-order valence-corrected chi connectivity index (χ1v) is 7.17. The van der Waals surface area contributed by atoms with E-state index >= 15 is 0 Å². The summed E-state index contributed by atoms with van der Waals surface area (Å²) in [5.74, 6) is -1.33. The van der Waals surface area contributed by atoms with Crippen LogP contribution in [0.3, 0.4) is 0 Å². The highest BCUT2D eigenvalue weighted by molar-refractivity contribution is 7.89. The average Bonchev–Trinajstić information content (AvgIpc) is 3.20. The van der Waals surface area contributed by atoms with Gasteiger partial charge in [-0.1, -0.05) is 6.07 Å². The van der Waals surface area contributed by atoms with E-state index < -0.39 is 22.0 Å². The summed E-state index contributed by atoms with van der Waals surface area (Å²) in [6, 6.07) is 6.21. The molecule has 0 saturated heterocycles. The highest BCUT2D eigenvalue weighted by atomic mass is 32.2. The lowest BCUT2D eigenvalue weighted by atomic mass is 10.2. The van der Waals surface area contributed by atoms with E-state index in [2.05, 4.69) is 4.72 Å². The van der Waals surface area contributed by atoms with Gasteiger partial charge in [0.05, 0.1) is 16.5 Å². The molecule has 0 heterocycles. The van der Waals surface area contributed by atoms with Crippen LogP contribution in [0.2, 0.25) is 0 Å². The fourth-order valence-electron chi connectivity index (χ4n) is 1.75. The molecule has 1 aromatic carbocycles. The van der Waals surface area contributed by atoms with E-state index in [4.69, 9.17) is 10.4 Å². The lowest BCUT2D eigenvalue weighted by Crippen LogP contribution is -2.42. The molecule has 1 atom stereocenters. The van der Waals surface area contributed by atoms with Gasteiger partial charge in [0.2, 0.25) is 10.0 Å². The molecule has 0 aliphatic heterocycles. The average molecular weight is 280 g/mol. The van der Waals surface area contributed by atoms with Crippen molar-refractivity contribution in [3.63, 3.8) is 0 Å². The second-order valence-corrected chi connectivity index (χ2v) is 6.13. The summed E-state index contributed by atoms with van der Waals surface area (Å²) in [6.07, 6.45) is 1.41. The number of sulfonamides is 1. The van der Waals surface area contributed by atoms with Crippen molar-refractivity contribution in [3.8, 4) is 6.07 Å². The molecule has 2 N–H and O–H groups in total. The Hall–Kier alpha value is -1.91. The van der Waals surface area contributed by atoms with Gasteiger partial charge in [0.25, 0.3) is 0 Å². The molecule has 0 radical (unpaired) electrons.